The molecule has 1 aromatic heterocycles. The zero-order chi connectivity index (χ0) is 21.3. The third kappa shape index (κ3) is 3.92. The summed E-state index contributed by atoms with van der Waals surface area (Å²) in [6.07, 6.45) is 1.73. The average molecular weight is 489 g/mol. The Hall–Kier alpha value is -2.49. The molecule has 0 atom stereocenters. The number of hydrogen-bond acceptors (Lipinski definition) is 4. The lowest BCUT2D eigenvalue weighted by Crippen LogP contribution is -2.50. The van der Waals surface area contributed by atoms with Crippen molar-refractivity contribution in [3.63, 3.8) is 0 Å². The Bertz CT molecular complexity index is 1170. The SMILES string of the molecule is Cc1ccnn1-c1ccc(C(=O)N2CCN(S(=O)(=O)c3ccccc3Br)CC2)cc1. The van der Waals surface area contributed by atoms with Crippen LogP contribution in [0.4, 0.5) is 0 Å². The van der Waals surface area contributed by atoms with Crippen molar-refractivity contribution in [2.45, 2.75) is 11.8 Å². The van der Waals surface area contributed by atoms with E-state index in [4.69, 9.17) is 0 Å². The molecule has 2 aromatic carbocycles. The second-order valence-electron chi connectivity index (χ2n) is 7.06. The van der Waals surface area contributed by atoms with Crippen LogP contribution < -0.4 is 0 Å². The number of aromatic nitrogens is 2. The minimum atomic E-state index is -3.60. The summed E-state index contributed by atoms with van der Waals surface area (Å²) in [4.78, 5) is 14.8. The molecule has 1 amide bonds. The van der Waals surface area contributed by atoms with Crippen LogP contribution in [0.15, 0.2) is 70.2 Å². The van der Waals surface area contributed by atoms with Crippen molar-refractivity contribution in [1.82, 2.24) is 19.0 Å². The van der Waals surface area contributed by atoms with E-state index in [-0.39, 0.29) is 23.9 Å². The summed E-state index contributed by atoms with van der Waals surface area (Å²) in [6, 6.07) is 16.0. The molecular formula is C21H21BrN4O3S. The van der Waals surface area contributed by atoms with E-state index in [1.807, 2.05) is 25.1 Å². The number of carbonyl (C=O) groups excluding carboxylic acids is 1. The topological polar surface area (TPSA) is 75.5 Å². The minimum Gasteiger partial charge on any atom is -0.336 e. The maximum atomic E-state index is 12.9. The number of sulfonamides is 1. The number of benzene rings is 2. The summed E-state index contributed by atoms with van der Waals surface area (Å²) < 4.78 is 29.6. The maximum absolute atomic E-state index is 12.9. The first kappa shape index (κ1) is 20.8. The lowest BCUT2D eigenvalue weighted by atomic mass is 10.1. The van der Waals surface area contributed by atoms with Crippen molar-refractivity contribution >= 4 is 31.9 Å². The van der Waals surface area contributed by atoms with Crippen molar-refractivity contribution in [2.75, 3.05) is 26.2 Å². The quantitative estimate of drug-likeness (QED) is 0.565. The first-order valence-corrected chi connectivity index (χ1v) is 11.8. The number of amides is 1. The molecule has 0 radical (unpaired) electrons. The predicted octanol–water partition coefficient (Wildman–Crippen LogP) is 3.09. The van der Waals surface area contributed by atoms with Crippen molar-refractivity contribution in [2.24, 2.45) is 0 Å². The highest BCUT2D eigenvalue weighted by atomic mass is 79.9. The molecular weight excluding hydrogens is 468 g/mol. The van der Waals surface area contributed by atoms with Crippen LogP contribution in [0.2, 0.25) is 0 Å². The molecule has 1 aliphatic heterocycles. The van der Waals surface area contributed by atoms with E-state index < -0.39 is 10.0 Å². The van der Waals surface area contributed by atoms with Crippen LogP contribution in [0, 0.1) is 6.92 Å². The van der Waals surface area contributed by atoms with Crippen LogP contribution in [0.1, 0.15) is 16.1 Å². The second kappa shape index (κ2) is 8.33. The van der Waals surface area contributed by atoms with Gasteiger partial charge in [-0.2, -0.15) is 9.40 Å². The highest BCUT2D eigenvalue weighted by Crippen LogP contribution is 2.25. The van der Waals surface area contributed by atoms with E-state index in [0.29, 0.717) is 23.1 Å². The fourth-order valence-corrected chi connectivity index (χ4v) is 5.88. The Morgan fingerprint density at radius 2 is 1.63 bits per heavy atom. The number of aryl methyl sites for hydroxylation is 1. The number of hydrogen-bond donors (Lipinski definition) is 0. The third-order valence-electron chi connectivity index (χ3n) is 5.17. The summed E-state index contributed by atoms with van der Waals surface area (Å²) in [7, 11) is -3.60. The fourth-order valence-electron chi connectivity index (χ4n) is 3.49. The lowest BCUT2D eigenvalue weighted by molar-refractivity contribution is 0.0698. The molecule has 9 heteroatoms. The second-order valence-corrected chi connectivity index (χ2v) is 9.82. The summed E-state index contributed by atoms with van der Waals surface area (Å²) >= 11 is 3.31. The van der Waals surface area contributed by atoms with E-state index in [2.05, 4.69) is 21.0 Å². The molecule has 0 bridgehead atoms. The van der Waals surface area contributed by atoms with E-state index in [1.165, 1.54) is 4.31 Å². The van der Waals surface area contributed by atoms with Crippen molar-refractivity contribution < 1.29 is 13.2 Å². The standard InChI is InChI=1S/C21H21BrN4O3S/c1-16-10-11-23-26(16)18-8-6-17(7-9-18)21(27)24-12-14-25(15-13-24)30(28,29)20-5-3-2-4-19(20)22/h2-11H,12-15H2,1H3. The van der Waals surface area contributed by atoms with Gasteiger partial charge in [0.05, 0.1) is 10.6 Å². The highest BCUT2D eigenvalue weighted by molar-refractivity contribution is 9.10. The Balaban J connectivity index is 1.43. The summed E-state index contributed by atoms with van der Waals surface area (Å²) in [5.74, 6) is -0.100. The number of carbonyl (C=O) groups is 1. The lowest BCUT2D eigenvalue weighted by Gasteiger charge is -2.34. The molecule has 1 aliphatic rings. The molecule has 1 fully saturated rings. The molecule has 2 heterocycles. The van der Waals surface area contributed by atoms with E-state index in [0.717, 1.165) is 11.4 Å². The molecule has 0 saturated carbocycles. The Morgan fingerprint density at radius 1 is 0.967 bits per heavy atom. The van der Waals surface area contributed by atoms with Crippen LogP contribution in [0.5, 0.6) is 0 Å². The van der Waals surface area contributed by atoms with Gasteiger partial charge in [-0.05, 0) is 65.3 Å². The van der Waals surface area contributed by atoms with Crippen molar-refractivity contribution in [1.29, 1.82) is 0 Å². The Kier molecular flexibility index (Phi) is 5.77. The smallest absolute Gasteiger partial charge is 0.253 e. The molecule has 0 N–H and O–H groups in total. The largest absolute Gasteiger partial charge is 0.336 e. The first-order chi connectivity index (χ1) is 14.4. The van der Waals surface area contributed by atoms with Gasteiger partial charge in [-0.1, -0.05) is 12.1 Å². The highest BCUT2D eigenvalue weighted by Gasteiger charge is 2.31. The van der Waals surface area contributed by atoms with Crippen LogP contribution in [-0.2, 0) is 10.0 Å². The summed E-state index contributed by atoms with van der Waals surface area (Å²) in [5, 5.41) is 4.27. The van der Waals surface area contributed by atoms with Gasteiger partial charge in [-0.3, -0.25) is 4.79 Å². The monoisotopic (exact) mass is 488 g/mol. The van der Waals surface area contributed by atoms with Crippen molar-refractivity contribution in [3.8, 4) is 5.69 Å². The fraction of sp³-hybridized carbons (Fsp3) is 0.238. The van der Waals surface area contributed by atoms with E-state index in [1.54, 1.807) is 52.2 Å². The molecule has 0 spiro atoms. The van der Waals surface area contributed by atoms with Gasteiger partial charge in [0, 0.05) is 48.1 Å². The third-order valence-corrected chi connectivity index (χ3v) is 8.08. The number of halogens is 1. The predicted molar refractivity (Wildman–Crippen MR) is 117 cm³/mol. The molecule has 0 aliphatic carbocycles. The van der Waals surface area contributed by atoms with Gasteiger partial charge in [0.15, 0.2) is 0 Å². The van der Waals surface area contributed by atoms with E-state index >= 15 is 0 Å². The van der Waals surface area contributed by atoms with Crippen molar-refractivity contribution in [3.05, 3.63) is 76.5 Å². The van der Waals surface area contributed by atoms with Crippen LogP contribution in [0.25, 0.3) is 5.69 Å². The van der Waals surface area contributed by atoms with Crippen LogP contribution in [0.3, 0.4) is 0 Å². The van der Waals surface area contributed by atoms with Gasteiger partial charge in [-0.25, -0.2) is 13.1 Å². The molecule has 30 heavy (non-hydrogen) atoms. The maximum Gasteiger partial charge on any atom is 0.253 e. The molecule has 4 rings (SSSR count). The van der Waals surface area contributed by atoms with Crippen LogP contribution in [-0.4, -0.2) is 59.5 Å². The van der Waals surface area contributed by atoms with Crippen LogP contribution >= 0.6 is 15.9 Å². The number of rotatable bonds is 4. The van der Waals surface area contributed by atoms with E-state index in [9.17, 15) is 13.2 Å². The Morgan fingerprint density at radius 3 is 2.23 bits per heavy atom. The first-order valence-electron chi connectivity index (χ1n) is 9.53. The van der Waals surface area contributed by atoms with Gasteiger partial charge >= 0.3 is 0 Å². The van der Waals surface area contributed by atoms with Gasteiger partial charge < -0.3 is 4.90 Å². The molecule has 7 nitrogen and oxygen atoms in total. The van der Waals surface area contributed by atoms with Gasteiger partial charge in [0.2, 0.25) is 10.0 Å². The average Bonchev–Trinajstić information content (AvgIpc) is 3.19. The number of nitrogens with zero attached hydrogens (tertiary/aromatic N) is 4. The summed E-state index contributed by atoms with van der Waals surface area (Å²) in [6.45, 7) is 3.19. The zero-order valence-electron chi connectivity index (χ0n) is 16.4. The molecule has 3 aromatic rings. The molecule has 156 valence electrons. The molecule has 1 saturated heterocycles. The van der Waals surface area contributed by atoms with Gasteiger partial charge in [0.25, 0.3) is 5.91 Å². The molecule has 0 unspecified atom stereocenters. The summed E-state index contributed by atoms with van der Waals surface area (Å²) in [5.41, 5.74) is 2.47. The van der Waals surface area contributed by atoms with Gasteiger partial charge in [-0.15, -0.1) is 0 Å². The zero-order valence-corrected chi connectivity index (χ0v) is 18.8. The number of piperazine rings is 1. The van der Waals surface area contributed by atoms with Gasteiger partial charge in [0.1, 0.15) is 0 Å². The Labute approximate surface area is 184 Å². The normalized spacial score (nSPS) is 15.3. The minimum absolute atomic E-state index is 0.100.